The zero-order chi connectivity index (χ0) is 20.1. The van der Waals surface area contributed by atoms with E-state index in [4.69, 9.17) is 23.8 Å². The molecule has 0 saturated carbocycles. The average molecular weight is 415 g/mol. The summed E-state index contributed by atoms with van der Waals surface area (Å²) in [5, 5.41) is 8.20. The third-order valence-electron chi connectivity index (χ3n) is 4.30. The van der Waals surface area contributed by atoms with Crippen molar-refractivity contribution in [3.63, 3.8) is 0 Å². The van der Waals surface area contributed by atoms with Gasteiger partial charge in [-0.2, -0.15) is 5.10 Å². The lowest BCUT2D eigenvalue weighted by Gasteiger charge is -2.12. The molecule has 144 valence electrons. The first-order valence-corrected chi connectivity index (χ1v) is 9.48. The van der Waals surface area contributed by atoms with Gasteiger partial charge < -0.3 is 9.88 Å². The second-order valence-electron chi connectivity index (χ2n) is 6.39. The summed E-state index contributed by atoms with van der Waals surface area (Å²) >= 11 is 11.4. The Kier molecular flexibility index (Phi) is 6.44. The van der Waals surface area contributed by atoms with Gasteiger partial charge in [0.1, 0.15) is 5.82 Å². The van der Waals surface area contributed by atoms with Crippen molar-refractivity contribution in [3.8, 4) is 0 Å². The van der Waals surface area contributed by atoms with Crippen molar-refractivity contribution in [3.05, 3.63) is 88.0 Å². The van der Waals surface area contributed by atoms with E-state index >= 15 is 0 Å². The van der Waals surface area contributed by atoms with Crippen LogP contribution in [0.5, 0.6) is 0 Å². The Hall–Kier alpha value is -2.70. The molecular weight excluding hydrogens is 395 g/mol. The molecule has 0 unspecified atom stereocenters. The number of hydrazone groups is 1. The summed E-state index contributed by atoms with van der Waals surface area (Å²) in [5.74, 6) is -0.350. The topological polar surface area (TPSA) is 41.4 Å². The summed E-state index contributed by atoms with van der Waals surface area (Å²) in [6.07, 6.45) is 3.59. The highest BCUT2D eigenvalue weighted by molar-refractivity contribution is 7.80. The van der Waals surface area contributed by atoms with Crippen LogP contribution in [0.3, 0.4) is 0 Å². The van der Waals surface area contributed by atoms with Gasteiger partial charge in [-0.05, 0) is 67.0 Å². The monoisotopic (exact) mass is 414 g/mol. The molecule has 2 N–H and O–H groups in total. The maximum atomic E-state index is 13.2. The minimum absolute atomic E-state index is 0.350. The van der Waals surface area contributed by atoms with Crippen molar-refractivity contribution in [1.29, 1.82) is 0 Å². The van der Waals surface area contributed by atoms with Crippen molar-refractivity contribution in [2.45, 2.75) is 20.4 Å². The first-order chi connectivity index (χ1) is 13.4. The van der Waals surface area contributed by atoms with Crippen molar-refractivity contribution in [2.75, 3.05) is 5.32 Å². The lowest BCUT2D eigenvalue weighted by molar-refractivity contribution is 0.626. The van der Waals surface area contributed by atoms with E-state index in [1.807, 2.05) is 54.9 Å². The van der Waals surface area contributed by atoms with Gasteiger partial charge in [-0.3, -0.25) is 5.43 Å². The van der Waals surface area contributed by atoms with Crippen LogP contribution in [0.4, 0.5) is 10.1 Å². The number of hydrogen-bond donors (Lipinski definition) is 2. The van der Waals surface area contributed by atoms with Gasteiger partial charge >= 0.3 is 0 Å². The van der Waals surface area contributed by atoms with Crippen LogP contribution in [-0.2, 0) is 6.54 Å². The van der Waals surface area contributed by atoms with E-state index < -0.39 is 0 Å². The van der Waals surface area contributed by atoms with E-state index in [1.54, 1.807) is 12.3 Å². The fourth-order valence-electron chi connectivity index (χ4n) is 2.83. The number of nitrogens with one attached hydrogen (secondary N) is 2. The number of anilines is 1. The molecule has 0 fully saturated rings. The third-order valence-corrected chi connectivity index (χ3v) is 4.85. The summed E-state index contributed by atoms with van der Waals surface area (Å²) in [6, 6.07) is 14.3. The highest BCUT2D eigenvalue weighted by Crippen LogP contribution is 2.20. The highest BCUT2D eigenvalue weighted by atomic mass is 35.5. The van der Waals surface area contributed by atoms with Crippen LogP contribution >= 0.6 is 23.8 Å². The predicted octanol–water partition coefficient (Wildman–Crippen LogP) is 5.27. The lowest BCUT2D eigenvalue weighted by atomic mass is 10.1. The fourth-order valence-corrected chi connectivity index (χ4v) is 3.21. The molecule has 3 aromatic rings. The molecule has 0 aliphatic carbocycles. The molecular formula is C21H20ClFN4S. The molecule has 1 heterocycles. The van der Waals surface area contributed by atoms with E-state index in [-0.39, 0.29) is 5.82 Å². The number of halogens is 2. The summed E-state index contributed by atoms with van der Waals surface area (Å²) < 4.78 is 15.2. The minimum Gasteiger partial charge on any atom is -0.342 e. The molecule has 0 atom stereocenters. The second-order valence-corrected chi connectivity index (χ2v) is 7.20. The zero-order valence-electron chi connectivity index (χ0n) is 15.5. The Labute approximate surface area is 174 Å². The quantitative estimate of drug-likeness (QED) is 0.339. The van der Waals surface area contributed by atoms with Crippen LogP contribution in [-0.4, -0.2) is 15.9 Å². The van der Waals surface area contributed by atoms with E-state index in [1.165, 1.54) is 12.1 Å². The largest absolute Gasteiger partial charge is 0.342 e. The molecule has 28 heavy (non-hydrogen) atoms. The zero-order valence-corrected chi connectivity index (χ0v) is 17.1. The van der Waals surface area contributed by atoms with Gasteiger partial charge in [-0.1, -0.05) is 35.9 Å². The number of thiocarbonyl (C=S) groups is 1. The van der Waals surface area contributed by atoms with Gasteiger partial charge in [0.25, 0.3) is 0 Å². The number of aryl methyl sites for hydroxylation is 2. The molecule has 0 radical (unpaired) electrons. The van der Waals surface area contributed by atoms with Gasteiger partial charge in [-0.25, -0.2) is 4.39 Å². The number of nitrogens with zero attached hydrogens (tertiary/aromatic N) is 2. The van der Waals surface area contributed by atoms with Gasteiger partial charge in [0.15, 0.2) is 5.11 Å². The van der Waals surface area contributed by atoms with E-state index in [0.29, 0.717) is 16.7 Å². The second kappa shape index (κ2) is 8.99. The molecule has 4 nitrogen and oxygen atoms in total. The predicted molar refractivity (Wildman–Crippen MR) is 118 cm³/mol. The van der Waals surface area contributed by atoms with Crippen LogP contribution in [0.25, 0.3) is 0 Å². The summed E-state index contributed by atoms with van der Waals surface area (Å²) in [6.45, 7) is 4.56. The highest BCUT2D eigenvalue weighted by Gasteiger charge is 2.06. The summed E-state index contributed by atoms with van der Waals surface area (Å²) in [5.41, 5.74) is 7.72. The Bertz CT molecular complexity index is 1010. The summed E-state index contributed by atoms with van der Waals surface area (Å²) in [7, 11) is 0. The van der Waals surface area contributed by atoms with Crippen molar-refractivity contribution < 1.29 is 4.39 Å². The maximum Gasteiger partial charge on any atom is 0.191 e. The van der Waals surface area contributed by atoms with Gasteiger partial charge in [0.2, 0.25) is 0 Å². The van der Waals surface area contributed by atoms with Gasteiger partial charge in [0, 0.05) is 23.5 Å². The third kappa shape index (κ3) is 4.97. The first-order valence-electron chi connectivity index (χ1n) is 8.69. The van der Waals surface area contributed by atoms with Gasteiger partial charge in [0.05, 0.1) is 11.9 Å². The van der Waals surface area contributed by atoms with E-state index in [9.17, 15) is 4.39 Å². The van der Waals surface area contributed by atoms with Crippen LogP contribution in [0.2, 0.25) is 5.02 Å². The Balaban J connectivity index is 1.64. The molecule has 0 saturated heterocycles. The summed E-state index contributed by atoms with van der Waals surface area (Å²) in [4.78, 5) is 0. The fraction of sp³-hybridized carbons (Fsp3) is 0.143. The minimum atomic E-state index is -0.350. The molecule has 0 aliphatic rings. The first kappa shape index (κ1) is 20.0. The van der Waals surface area contributed by atoms with E-state index in [2.05, 4.69) is 15.8 Å². The number of aromatic nitrogens is 1. The molecule has 7 heteroatoms. The number of para-hydroxylation sites is 1. The average Bonchev–Trinajstić information content (AvgIpc) is 3.08. The Morgan fingerprint density at radius 2 is 1.93 bits per heavy atom. The van der Waals surface area contributed by atoms with Crippen molar-refractivity contribution in [2.24, 2.45) is 5.10 Å². The Morgan fingerprint density at radius 1 is 1.18 bits per heavy atom. The molecule has 2 aromatic carbocycles. The van der Waals surface area contributed by atoms with Crippen LogP contribution in [0, 0.1) is 19.7 Å². The van der Waals surface area contributed by atoms with Crippen LogP contribution in [0.1, 0.15) is 22.4 Å². The smallest absolute Gasteiger partial charge is 0.191 e. The molecule has 3 rings (SSSR count). The molecule has 0 bridgehead atoms. The van der Waals surface area contributed by atoms with Crippen molar-refractivity contribution in [1.82, 2.24) is 9.99 Å². The van der Waals surface area contributed by atoms with E-state index in [0.717, 1.165) is 28.1 Å². The van der Waals surface area contributed by atoms with Crippen LogP contribution < -0.4 is 10.7 Å². The Morgan fingerprint density at radius 3 is 2.64 bits per heavy atom. The standard InChI is InChI=1S/C21H20ClFN4S/c1-14-5-3-6-15(2)20(14)25-21(28)26-24-12-18-7-4-10-27(18)13-16-8-9-17(23)11-19(16)22/h3-12H,13H2,1-2H3,(H2,25,26,28)/b24-12-. The molecule has 0 aliphatic heterocycles. The lowest BCUT2D eigenvalue weighted by Crippen LogP contribution is -2.24. The number of benzene rings is 2. The van der Waals surface area contributed by atoms with Crippen LogP contribution in [0.15, 0.2) is 59.8 Å². The number of rotatable bonds is 5. The van der Waals surface area contributed by atoms with Gasteiger partial charge in [-0.15, -0.1) is 0 Å². The normalized spacial score (nSPS) is 11.0. The molecule has 0 spiro atoms. The number of hydrogen-bond acceptors (Lipinski definition) is 2. The molecule has 0 amide bonds. The molecule has 1 aromatic heterocycles. The SMILES string of the molecule is Cc1cccc(C)c1NC(=S)N/N=C\c1cccn1Cc1ccc(F)cc1Cl. The maximum absolute atomic E-state index is 13.2. The van der Waals surface area contributed by atoms with Crippen molar-refractivity contribution >= 4 is 40.8 Å².